The number of nitro groups is 1. The number of aromatic nitrogens is 4. The van der Waals surface area contributed by atoms with Crippen molar-refractivity contribution in [2.24, 2.45) is 0 Å². The first-order valence-electron chi connectivity index (χ1n) is 13.0. The highest BCUT2D eigenvalue weighted by Crippen LogP contribution is 2.43. The van der Waals surface area contributed by atoms with Gasteiger partial charge in [0.1, 0.15) is 12.4 Å². The molecule has 10 nitrogen and oxygen atoms in total. The quantitative estimate of drug-likeness (QED) is 0.162. The second-order valence-electron chi connectivity index (χ2n) is 9.47. The van der Waals surface area contributed by atoms with Crippen molar-refractivity contribution in [1.82, 2.24) is 25.3 Å². The number of benzene rings is 1. The van der Waals surface area contributed by atoms with Crippen LogP contribution in [0.5, 0.6) is 0 Å². The fourth-order valence-electron chi connectivity index (χ4n) is 4.90. The van der Waals surface area contributed by atoms with Crippen molar-refractivity contribution in [1.29, 1.82) is 0 Å². The van der Waals surface area contributed by atoms with Gasteiger partial charge in [0.25, 0.3) is 5.69 Å². The van der Waals surface area contributed by atoms with E-state index in [1.165, 1.54) is 12.1 Å². The third kappa shape index (κ3) is 6.27. The molecule has 1 atom stereocenters. The lowest BCUT2D eigenvalue weighted by Gasteiger charge is -2.31. The topological polar surface area (TPSA) is 136 Å². The number of ether oxygens (including phenoxy) is 1. The molecule has 1 unspecified atom stereocenters. The standard InChI is InChI=1S/C31H28N6O4/c1-20-28(26-13-3-4-14-32-26)30(22-8-5-12-25(18-22)37(39)40)29(21(2)35-20)31(38)41-17-7-11-23-9-6-10-24(36-23)19-27-33-15-16-34-27/h3-16,18,30,35H,17,19H2,1-2H3,(H,33,34). The number of hydrogen-bond donors (Lipinski definition) is 2. The van der Waals surface area contributed by atoms with E-state index in [0.29, 0.717) is 28.9 Å². The number of hydrogen-bond acceptors (Lipinski definition) is 8. The average Bonchev–Trinajstić information content (AvgIpc) is 3.48. The Kier molecular flexibility index (Phi) is 8.10. The van der Waals surface area contributed by atoms with Crippen LogP contribution in [0.4, 0.5) is 5.69 Å². The Bertz CT molecular complexity index is 1660. The molecule has 0 amide bonds. The maximum Gasteiger partial charge on any atom is 0.337 e. The molecule has 1 aliphatic rings. The molecule has 2 N–H and O–H groups in total. The molecule has 0 aliphatic carbocycles. The van der Waals surface area contributed by atoms with Gasteiger partial charge in [0, 0.05) is 65.7 Å². The minimum Gasteiger partial charge on any atom is -0.458 e. The van der Waals surface area contributed by atoms with Crippen LogP contribution in [0, 0.1) is 10.1 Å². The number of carbonyl (C=O) groups is 1. The van der Waals surface area contributed by atoms with E-state index in [-0.39, 0.29) is 12.3 Å². The van der Waals surface area contributed by atoms with E-state index in [1.807, 2.05) is 43.3 Å². The van der Waals surface area contributed by atoms with Crippen LogP contribution in [0.3, 0.4) is 0 Å². The lowest BCUT2D eigenvalue weighted by atomic mass is 9.79. The number of pyridine rings is 2. The van der Waals surface area contributed by atoms with Gasteiger partial charge in [-0.2, -0.15) is 0 Å². The third-order valence-electron chi connectivity index (χ3n) is 6.67. The number of carbonyl (C=O) groups excluding carboxylic acids is 1. The average molecular weight is 549 g/mol. The number of non-ortho nitro benzene ring substituents is 1. The van der Waals surface area contributed by atoms with E-state index in [4.69, 9.17) is 4.74 Å². The summed E-state index contributed by atoms with van der Waals surface area (Å²) >= 11 is 0. The predicted molar refractivity (Wildman–Crippen MR) is 154 cm³/mol. The van der Waals surface area contributed by atoms with Crippen LogP contribution in [-0.2, 0) is 16.0 Å². The second-order valence-corrected chi connectivity index (χ2v) is 9.47. The monoisotopic (exact) mass is 548 g/mol. The van der Waals surface area contributed by atoms with Gasteiger partial charge in [-0.1, -0.05) is 24.3 Å². The Hall–Kier alpha value is -5.38. The SMILES string of the molecule is CC1=C(C(=O)OCC=Cc2cccc(Cc3ncc[nH]3)n2)C(c2cccc([N+](=O)[O-])c2)C(c2ccccn2)=C(C)N1. The van der Waals surface area contributed by atoms with Gasteiger partial charge in [-0.05, 0) is 55.8 Å². The molecule has 4 aromatic rings. The fraction of sp³-hybridized carbons (Fsp3) is 0.161. The van der Waals surface area contributed by atoms with E-state index in [9.17, 15) is 14.9 Å². The van der Waals surface area contributed by atoms with Gasteiger partial charge in [0.2, 0.25) is 0 Å². The van der Waals surface area contributed by atoms with E-state index in [1.54, 1.807) is 49.8 Å². The van der Waals surface area contributed by atoms with Crippen molar-refractivity contribution < 1.29 is 14.5 Å². The summed E-state index contributed by atoms with van der Waals surface area (Å²) in [5.74, 6) is -0.330. The molecule has 0 spiro atoms. The zero-order chi connectivity index (χ0) is 28.8. The van der Waals surface area contributed by atoms with Crippen LogP contribution < -0.4 is 5.32 Å². The summed E-state index contributed by atoms with van der Waals surface area (Å²) in [6.07, 6.45) is 9.24. The Balaban J connectivity index is 1.38. The van der Waals surface area contributed by atoms with E-state index >= 15 is 0 Å². The predicted octanol–water partition coefficient (Wildman–Crippen LogP) is 5.35. The van der Waals surface area contributed by atoms with Crippen LogP contribution in [0.25, 0.3) is 11.6 Å². The van der Waals surface area contributed by atoms with E-state index in [2.05, 4.69) is 25.3 Å². The molecule has 0 radical (unpaired) electrons. The molecule has 1 aromatic carbocycles. The number of rotatable bonds is 9. The maximum absolute atomic E-state index is 13.6. The van der Waals surface area contributed by atoms with Crippen molar-refractivity contribution in [2.75, 3.05) is 6.61 Å². The molecule has 10 heteroatoms. The van der Waals surface area contributed by atoms with E-state index < -0.39 is 16.8 Å². The maximum atomic E-state index is 13.6. The van der Waals surface area contributed by atoms with Crippen LogP contribution in [0.1, 0.15) is 48.2 Å². The van der Waals surface area contributed by atoms with Crippen LogP contribution in [0.2, 0.25) is 0 Å². The summed E-state index contributed by atoms with van der Waals surface area (Å²) in [6.45, 7) is 3.71. The van der Waals surface area contributed by atoms with Crippen molar-refractivity contribution in [3.05, 3.63) is 141 Å². The normalized spacial score (nSPS) is 15.2. The molecular weight excluding hydrogens is 520 g/mol. The molecule has 0 saturated heterocycles. The number of nitrogens with zero attached hydrogens (tertiary/aromatic N) is 4. The number of imidazole rings is 1. The first-order chi connectivity index (χ1) is 19.9. The van der Waals surface area contributed by atoms with Gasteiger partial charge in [-0.3, -0.25) is 20.1 Å². The van der Waals surface area contributed by atoms with Crippen molar-refractivity contribution in [3.63, 3.8) is 0 Å². The molecule has 0 saturated carbocycles. The number of dihydropyridines is 1. The molecule has 206 valence electrons. The van der Waals surface area contributed by atoms with Gasteiger partial charge in [-0.25, -0.2) is 9.78 Å². The smallest absolute Gasteiger partial charge is 0.337 e. The highest BCUT2D eigenvalue weighted by Gasteiger charge is 2.35. The lowest BCUT2D eigenvalue weighted by molar-refractivity contribution is -0.384. The Morgan fingerprint density at radius 2 is 1.90 bits per heavy atom. The first kappa shape index (κ1) is 27.2. The molecular formula is C31H28N6O4. The third-order valence-corrected chi connectivity index (χ3v) is 6.67. The Labute approximate surface area is 236 Å². The fourth-order valence-corrected chi connectivity index (χ4v) is 4.90. The highest BCUT2D eigenvalue weighted by molar-refractivity contribution is 5.97. The van der Waals surface area contributed by atoms with Gasteiger partial charge in [-0.15, -0.1) is 0 Å². The number of nitrogens with one attached hydrogen (secondary N) is 2. The second kappa shape index (κ2) is 12.2. The molecule has 1 aliphatic heterocycles. The number of aromatic amines is 1. The molecule has 4 heterocycles. The van der Waals surface area contributed by atoms with Crippen LogP contribution in [0.15, 0.2) is 102 Å². The molecule has 3 aromatic heterocycles. The molecule has 5 rings (SSSR count). The zero-order valence-electron chi connectivity index (χ0n) is 22.6. The van der Waals surface area contributed by atoms with Crippen LogP contribution in [-0.4, -0.2) is 37.4 Å². The van der Waals surface area contributed by atoms with Gasteiger partial charge >= 0.3 is 5.97 Å². The van der Waals surface area contributed by atoms with Crippen LogP contribution >= 0.6 is 0 Å². The van der Waals surface area contributed by atoms with Crippen molar-refractivity contribution in [3.8, 4) is 0 Å². The minimum atomic E-state index is -0.623. The number of nitro benzene ring substituents is 1. The summed E-state index contributed by atoms with van der Waals surface area (Å²) in [4.78, 5) is 41.1. The summed E-state index contributed by atoms with van der Waals surface area (Å²) in [7, 11) is 0. The summed E-state index contributed by atoms with van der Waals surface area (Å²) in [5.41, 5.74) is 5.30. The largest absolute Gasteiger partial charge is 0.458 e. The minimum absolute atomic E-state index is 0.0168. The van der Waals surface area contributed by atoms with E-state index in [0.717, 1.165) is 28.5 Å². The molecule has 0 bridgehead atoms. The highest BCUT2D eigenvalue weighted by atomic mass is 16.6. The summed E-state index contributed by atoms with van der Waals surface area (Å²) < 4.78 is 5.69. The first-order valence-corrected chi connectivity index (χ1v) is 13.0. The lowest BCUT2D eigenvalue weighted by Crippen LogP contribution is -2.29. The summed E-state index contributed by atoms with van der Waals surface area (Å²) in [5, 5.41) is 14.9. The van der Waals surface area contributed by atoms with Crippen molar-refractivity contribution in [2.45, 2.75) is 26.2 Å². The Morgan fingerprint density at radius 1 is 1.05 bits per heavy atom. The number of esters is 1. The van der Waals surface area contributed by atoms with Gasteiger partial charge < -0.3 is 15.0 Å². The van der Waals surface area contributed by atoms with Crippen molar-refractivity contribution >= 4 is 23.3 Å². The number of H-pyrrole nitrogens is 1. The number of allylic oxidation sites excluding steroid dienone is 3. The van der Waals surface area contributed by atoms with Gasteiger partial charge in [0.15, 0.2) is 0 Å². The Morgan fingerprint density at radius 3 is 2.66 bits per heavy atom. The molecule has 0 fully saturated rings. The zero-order valence-corrected chi connectivity index (χ0v) is 22.6. The molecule has 41 heavy (non-hydrogen) atoms. The summed E-state index contributed by atoms with van der Waals surface area (Å²) in [6, 6.07) is 17.5. The van der Waals surface area contributed by atoms with Gasteiger partial charge in [0.05, 0.1) is 21.9 Å².